The molecule has 0 atom stereocenters. The number of anilines is 1. The van der Waals surface area contributed by atoms with Gasteiger partial charge in [0, 0.05) is 17.9 Å². The zero-order valence-corrected chi connectivity index (χ0v) is 13.3. The maximum atomic E-state index is 4.68. The third-order valence-corrected chi connectivity index (χ3v) is 4.33. The standard InChI is InChI=1S/C18H25N3/c1-13(2)15-7-6-10-17(11-15)21-12-14(3)19-18(21)20-16-8-4-5-9-16/h6-7,10-13,16H,4-5,8-9H2,1-3H3,(H,19,20). The van der Waals surface area contributed by atoms with E-state index < -0.39 is 0 Å². The number of nitrogens with zero attached hydrogens (tertiary/aromatic N) is 2. The molecule has 1 aliphatic carbocycles. The molecule has 21 heavy (non-hydrogen) atoms. The van der Waals surface area contributed by atoms with Crippen LogP contribution in [-0.4, -0.2) is 15.6 Å². The molecule has 0 unspecified atom stereocenters. The Morgan fingerprint density at radius 1 is 1.24 bits per heavy atom. The van der Waals surface area contributed by atoms with Crippen LogP contribution in [-0.2, 0) is 0 Å². The van der Waals surface area contributed by atoms with Gasteiger partial charge in [0.1, 0.15) is 0 Å². The highest BCUT2D eigenvalue weighted by Crippen LogP contribution is 2.25. The largest absolute Gasteiger partial charge is 0.353 e. The summed E-state index contributed by atoms with van der Waals surface area (Å²) in [4.78, 5) is 4.68. The van der Waals surface area contributed by atoms with Crippen molar-refractivity contribution in [3.63, 3.8) is 0 Å². The van der Waals surface area contributed by atoms with Gasteiger partial charge in [0.25, 0.3) is 0 Å². The summed E-state index contributed by atoms with van der Waals surface area (Å²) in [6, 6.07) is 9.35. The Balaban J connectivity index is 1.92. The average Bonchev–Trinajstić information content (AvgIpc) is 3.09. The molecule has 1 fully saturated rings. The number of imidazole rings is 1. The molecule has 2 aromatic rings. The van der Waals surface area contributed by atoms with Gasteiger partial charge < -0.3 is 5.32 Å². The Hall–Kier alpha value is -1.77. The number of aryl methyl sites for hydroxylation is 1. The Morgan fingerprint density at radius 3 is 2.71 bits per heavy atom. The first-order valence-corrected chi connectivity index (χ1v) is 8.06. The Bertz CT molecular complexity index is 607. The lowest BCUT2D eigenvalue weighted by molar-refractivity contribution is 0.740. The van der Waals surface area contributed by atoms with Crippen molar-refractivity contribution < 1.29 is 0 Å². The first-order chi connectivity index (χ1) is 10.1. The fourth-order valence-electron chi connectivity index (χ4n) is 3.08. The summed E-state index contributed by atoms with van der Waals surface area (Å²) >= 11 is 0. The molecule has 1 aliphatic rings. The molecule has 1 N–H and O–H groups in total. The van der Waals surface area contributed by atoms with Gasteiger partial charge in [0.2, 0.25) is 5.95 Å². The van der Waals surface area contributed by atoms with Crippen molar-refractivity contribution in [1.82, 2.24) is 9.55 Å². The maximum Gasteiger partial charge on any atom is 0.207 e. The molecule has 3 nitrogen and oxygen atoms in total. The van der Waals surface area contributed by atoms with Crippen LogP contribution in [0.2, 0.25) is 0 Å². The van der Waals surface area contributed by atoms with E-state index in [0.717, 1.165) is 11.6 Å². The summed E-state index contributed by atoms with van der Waals surface area (Å²) in [5, 5.41) is 3.63. The molecule has 0 radical (unpaired) electrons. The number of nitrogens with one attached hydrogen (secondary N) is 1. The van der Waals surface area contributed by atoms with Crippen molar-refractivity contribution >= 4 is 5.95 Å². The van der Waals surface area contributed by atoms with Gasteiger partial charge in [-0.15, -0.1) is 0 Å². The summed E-state index contributed by atoms with van der Waals surface area (Å²) in [7, 11) is 0. The predicted octanol–water partition coefficient (Wildman–Crippen LogP) is 4.66. The van der Waals surface area contributed by atoms with Crippen molar-refractivity contribution in [2.45, 2.75) is 58.4 Å². The first kappa shape index (κ1) is 14.2. The van der Waals surface area contributed by atoms with Crippen LogP contribution >= 0.6 is 0 Å². The van der Waals surface area contributed by atoms with E-state index in [2.05, 4.69) is 66.1 Å². The van der Waals surface area contributed by atoms with E-state index >= 15 is 0 Å². The molecule has 112 valence electrons. The molecule has 0 spiro atoms. The molecule has 1 heterocycles. The number of hydrogen-bond donors (Lipinski definition) is 1. The van der Waals surface area contributed by atoms with Crippen molar-refractivity contribution in [2.24, 2.45) is 0 Å². The SMILES string of the molecule is Cc1cn(-c2cccc(C(C)C)c2)c(NC2CCCC2)n1. The normalized spacial score (nSPS) is 15.8. The maximum absolute atomic E-state index is 4.68. The lowest BCUT2D eigenvalue weighted by Crippen LogP contribution is -2.17. The minimum absolute atomic E-state index is 0.542. The fourth-order valence-corrected chi connectivity index (χ4v) is 3.08. The van der Waals surface area contributed by atoms with Crippen LogP contribution in [0.15, 0.2) is 30.5 Å². The van der Waals surface area contributed by atoms with E-state index in [1.165, 1.54) is 36.9 Å². The van der Waals surface area contributed by atoms with Crippen molar-refractivity contribution in [3.8, 4) is 5.69 Å². The van der Waals surface area contributed by atoms with Gasteiger partial charge in [-0.2, -0.15) is 0 Å². The van der Waals surface area contributed by atoms with Gasteiger partial charge in [-0.25, -0.2) is 4.98 Å². The second-order valence-corrected chi connectivity index (χ2v) is 6.45. The van der Waals surface area contributed by atoms with Crippen LogP contribution in [0.4, 0.5) is 5.95 Å². The van der Waals surface area contributed by atoms with Gasteiger partial charge in [-0.3, -0.25) is 4.57 Å². The van der Waals surface area contributed by atoms with Gasteiger partial charge in [-0.1, -0.05) is 38.8 Å². The second-order valence-electron chi connectivity index (χ2n) is 6.45. The molecule has 0 saturated heterocycles. The molecule has 3 heteroatoms. The van der Waals surface area contributed by atoms with E-state index in [9.17, 15) is 0 Å². The van der Waals surface area contributed by atoms with Gasteiger partial charge in [-0.05, 0) is 43.4 Å². The summed E-state index contributed by atoms with van der Waals surface area (Å²) in [5.41, 5.74) is 3.62. The highest BCUT2D eigenvalue weighted by atomic mass is 15.2. The lowest BCUT2D eigenvalue weighted by atomic mass is 10.0. The monoisotopic (exact) mass is 283 g/mol. The molecule has 0 amide bonds. The summed E-state index contributed by atoms with van der Waals surface area (Å²) < 4.78 is 2.19. The van der Waals surface area contributed by atoms with Crippen LogP contribution in [0.25, 0.3) is 5.69 Å². The van der Waals surface area contributed by atoms with Crippen LogP contribution < -0.4 is 5.32 Å². The molecule has 0 bridgehead atoms. The fraction of sp³-hybridized carbons (Fsp3) is 0.500. The van der Waals surface area contributed by atoms with Crippen LogP contribution in [0, 0.1) is 6.92 Å². The van der Waals surface area contributed by atoms with E-state index in [1.54, 1.807) is 0 Å². The van der Waals surface area contributed by atoms with Crippen molar-refractivity contribution in [1.29, 1.82) is 0 Å². The highest BCUT2D eigenvalue weighted by molar-refractivity contribution is 5.45. The molecule has 1 aromatic heterocycles. The van der Waals surface area contributed by atoms with Gasteiger partial charge in [0.15, 0.2) is 0 Å². The predicted molar refractivity (Wildman–Crippen MR) is 88.3 cm³/mol. The molecule has 1 aromatic carbocycles. The van der Waals surface area contributed by atoms with E-state index in [0.29, 0.717) is 12.0 Å². The van der Waals surface area contributed by atoms with E-state index in [-0.39, 0.29) is 0 Å². The van der Waals surface area contributed by atoms with Gasteiger partial charge in [0.05, 0.1) is 5.69 Å². The minimum Gasteiger partial charge on any atom is -0.353 e. The smallest absolute Gasteiger partial charge is 0.207 e. The third kappa shape index (κ3) is 3.12. The molecule has 1 saturated carbocycles. The number of rotatable bonds is 4. The summed E-state index contributed by atoms with van der Waals surface area (Å²) in [6.45, 7) is 6.52. The van der Waals surface area contributed by atoms with Crippen molar-refractivity contribution in [3.05, 3.63) is 41.7 Å². The van der Waals surface area contributed by atoms with Crippen molar-refractivity contribution in [2.75, 3.05) is 5.32 Å². The number of aromatic nitrogens is 2. The molecular weight excluding hydrogens is 258 g/mol. The number of benzene rings is 1. The third-order valence-electron chi connectivity index (χ3n) is 4.33. The molecule has 0 aliphatic heterocycles. The Morgan fingerprint density at radius 2 is 2.00 bits per heavy atom. The van der Waals surface area contributed by atoms with Crippen LogP contribution in [0.5, 0.6) is 0 Å². The number of hydrogen-bond acceptors (Lipinski definition) is 2. The zero-order valence-electron chi connectivity index (χ0n) is 13.3. The minimum atomic E-state index is 0.542. The first-order valence-electron chi connectivity index (χ1n) is 8.06. The highest BCUT2D eigenvalue weighted by Gasteiger charge is 2.17. The van der Waals surface area contributed by atoms with E-state index in [4.69, 9.17) is 0 Å². The molecular formula is C18H25N3. The Labute approximate surface area is 127 Å². The summed E-state index contributed by atoms with van der Waals surface area (Å²) in [6.07, 6.45) is 7.31. The second kappa shape index (κ2) is 5.92. The molecule has 3 rings (SSSR count). The topological polar surface area (TPSA) is 29.9 Å². The summed E-state index contributed by atoms with van der Waals surface area (Å²) in [5.74, 6) is 1.53. The van der Waals surface area contributed by atoms with E-state index in [1.807, 2.05) is 0 Å². The Kier molecular flexibility index (Phi) is 4.00. The van der Waals surface area contributed by atoms with Crippen LogP contribution in [0.3, 0.4) is 0 Å². The van der Waals surface area contributed by atoms with Crippen LogP contribution in [0.1, 0.15) is 56.7 Å². The zero-order chi connectivity index (χ0) is 14.8. The quantitative estimate of drug-likeness (QED) is 0.884. The average molecular weight is 283 g/mol. The lowest BCUT2D eigenvalue weighted by Gasteiger charge is -2.15. The van der Waals surface area contributed by atoms with Gasteiger partial charge >= 0.3 is 0 Å².